The molecule has 0 unspecified atom stereocenters. The lowest BCUT2D eigenvalue weighted by atomic mass is 10.1. The second-order valence-electron chi connectivity index (χ2n) is 4.37. The van der Waals surface area contributed by atoms with Crippen molar-refractivity contribution in [2.45, 2.75) is 6.42 Å². The highest BCUT2D eigenvalue weighted by Gasteiger charge is 2.13. The predicted molar refractivity (Wildman–Crippen MR) is 78.0 cm³/mol. The smallest absolute Gasteiger partial charge is 0.192 e. The van der Waals surface area contributed by atoms with E-state index in [4.69, 9.17) is 10.9 Å². The first-order valence-electron chi connectivity index (χ1n) is 6.26. The third-order valence-corrected chi connectivity index (χ3v) is 2.97. The van der Waals surface area contributed by atoms with Crippen molar-refractivity contribution in [3.8, 4) is 0 Å². The minimum atomic E-state index is -0.0420. The molecule has 6 nitrogen and oxygen atoms in total. The Balaban J connectivity index is 2.11. The van der Waals surface area contributed by atoms with Crippen molar-refractivity contribution < 1.29 is 5.21 Å². The number of nitrogens with zero attached hydrogens (tertiary/aromatic N) is 4. The maximum absolute atomic E-state index is 8.78. The fourth-order valence-corrected chi connectivity index (χ4v) is 1.89. The number of aromatic nitrogens is 2. The number of hydrogen-bond donors (Lipinski definition) is 2. The number of nitrogens with two attached hydrogens (primary N) is 1. The molecule has 104 valence electrons. The lowest BCUT2D eigenvalue weighted by molar-refractivity contribution is 0.318. The molecule has 1 heterocycles. The van der Waals surface area contributed by atoms with E-state index in [0.29, 0.717) is 11.5 Å². The molecule has 0 aliphatic carbocycles. The first kappa shape index (κ1) is 13.8. The van der Waals surface area contributed by atoms with E-state index >= 15 is 0 Å². The molecule has 0 saturated heterocycles. The van der Waals surface area contributed by atoms with Crippen molar-refractivity contribution in [2.75, 3.05) is 18.5 Å². The van der Waals surface area contributed by atoms with Gasteiger partial charge in [-0.15, -0.1) is 0 Å². The van der Waals surface area contributed by atoms with Gasteiger partial charge in [-0.3, -0.25) is 0 Å². The number of likely N-dealkylation sites (N-methyl/N-ethyl adjacent to an activating group) is 1. The summed E-state index contributed by atoms with van der Waals surface area (Å²) >= 11 is 0. The number of benzene rings is 1. The van der Waals surface area contributed by atoms with Crippen LogP contribution in [-0.2, 0) is 6.42 Å². The van der Waals surface area contributed by atoms with E-state index in [-0.39, 0.29) is 5.84 Å². The normalized spacial score (nSPS) is 11.3. The van der Waals surface area contributed by atoms with Crippen LogP contribution in [0.5, 0.6) is 0 Å². The van der Waals surface area contributed by atoms with Gasteiger partial charge in [0.1, 0.15) is 0 Å². The summed E-state index contributed by atoms with van der Waals surface area (Å²) in [6.45, 7) is 0.758. The molecular formula is C14H17N5O. The number of amidine groups is 1. The first-order valence-corrected chi connectivity index (χ1v) is 6.26. The minimum Gasteiger partial charge on any atom is -0.409 e. The molecule has 0 bridgehead atoms. The van der Waals surface area contributed by atoms with Gasteiger partial charge in [0.25, 0.3) is 0 Å². The first-order chi connectivity index (χ1) is 9.72. The van der Waals surface area contributed by atoms with Gasteiger partial charge < -0.3 is 15.8 Å². The van der Waals surface area contributed by atoms with Crippen LogP contribution in [0.2, 0.25) is 0 Å². The molecule has 0 aliphatic rings. The highest BCUT2D eigenvalue weighted by molar-refractivity contribution is 5.99. The van der Waals surface area contributed by atoms with Crippen LogP contribution < -0.4 is 10.6 Å². The fraction of sp³-hybridized carbons (Fsp3) is 0.214. The SMILES string of the molecule is CN(CCc1ccccc1)c1nccnc1C(N)=NO. The zero-order valence-electron chi connectivity index (χ0n) is 11.3. The van der Waals surface area contributed by atoms with E-state index in [1.807, 2.05) is 30.1 Å². The van der Waals surface area contributed by atoms with E-state index in [1.165, 1.54) is 11.8 Å². The van der Waals surface area contributed by atoms with E-state index in [2.05, 4.69) is 27.3 Å². The minimum absolute atomic E-state index is 0.0420. The molecule has 0 spiro atoms. The largest absolute Gasteiger partial charge is 0.409 e. The average Bonchev–Trinajstić information content (AvgIpc) is 2.52. The topological polar surface area (TPSA) is 87.6 Å². The van der Waals surface area contributed by atoms with Crippen LogP contribution in [0.3, 0.4) is 0 Å². The Morgan fingerprint density at radius 3 is 2.65 bits per heavy atom. The Morgan fingerprint density at radius 1 is 1.25 bits per heavy atom. The Morgan fingerprint density at radius 2 is 1.95 bits per heavy atom. The molecule has 20 heavy (non-hydrogen) atoms. The average molecular weight is 271 g/mol. The van der Waals surface area contributed by atoms with Gasteiger partial charge in [0.2, 0.25) is 0 Å². The molecule has 1 aromatic carbocycles. The molecule has 0 amide bonds. The molecule has 2 aromatic rings. The standard InChI is InChI=1S/C14H17N5O/c1-19(10-7-11-5-3-2-4-6-11)14-12(13(15)18-20)16-8-9-17-14/h2-6,8-9,20H,7,10H2,1H3,(H2,15,18). The lowest BCUT2D eigenvalue weighted by Crippen LogP contribution is -2.27. The number of hydrogen-bond acceptors (Lipinski definition) is 5. The number of anilines is 1. The van der Waals surface area contributed by atoms with Gasteiger partial charge in [-0.2, -0.15) is 0 Å². The summed E-state index contributed by atoms with van der Waals surface area (Å²) in [5, 5.41) is 11.8. The molecular weight excluding hydrogens is 254 g/mol. The molecule has 2 rings (SSSR count). The van der Waals surface area contributed by atoms with Crippen LogP contribution in [0.1, 0.15) is 11.3 Å². The van der Waals surface area contributed by atoms with Crippen molar-refractivity contribution in [1.29, 1.82) is 0 Å². The monoisotopic (exact) mass is 271 g/mol. The zero-order chi connectivity index (χ0) is 14.4. The van der Waals surface area contributed by atoms with Crippen LogP contribution in [0.25, 0.3) is 0 Å². The van der Waals surface area contributed by atoms with Crippen molar-refractivity contribution in [3.63, 3.8) is 0 Å². The summed E-state index contributed by atoms with van der Waals surface area (Å²) in [7, 11) is 1.90. The van der Waals surface area contributed by atoms with E-state index < -0.39 is 0 Å². The number of rotatable bonds is 5. The van der Waals surface area contributed by atoms with Crippen molar-refractivity contribution in [3.05, 3.63) is 54.0 Å². The van der Waals surface area contributed by atoms with E-state index in [0.717, 1.165) is 13.0 Å². The van der Waals surface area contributed by atoms with Crippen LogP contribution in [0, 0.1) is 0 Å². The van der Waals surface area contributed by atoms with Gasteiger partial charge in [-0.1, -0.05) is 35.5 Å². The predicted octanol–water partition coefficient (Wildman–Crippen LogP) is 1.25. The number of oxime groups is 1. The van der Waals surface area contributed by atoms with Gasteiger partial charge in [0, 0.05) is 26.0 Å². The molecule has 0 saturated carbocycles. The highest BCUT2D eigenvalue weighted by Crippen LogP contribution is 2.13. The van der Waals surface area contributed by atoms with Crippen LogP contribution >= 0.6 is 0 Å². The van der Waals surface area contributed by atoms with Crippen LogP contribution in [0.15, 0.2) is 47.9 Å². The van der Waals surface area contributed by atoms with Crippen LogP contribution in [0.4, 0.5) is 5.82 Å². The van der Waals surface area contributed by atoms with Gasteiger partial charge in [0.05, 0.1) is 0 Å². The highest BCUT2D eigenvalue weighted by atomic mass is 16.4. The summed E-state index contributed by atoms with van der Waals surface area (Å²) in [6, 6.07) is 10.2. The summed E-state index contributed by atoms with van der Waals surface area (Å²) in [6.07, 6.45) is 3.98. The Bertz CT molecular complexity index is 585. The summed E-state index contributed by atoms with van der Waals surface area (Å²) in [5.74, 6) is 0.554. The molecule has 3 N–H and O–H groups in total. The summed E-state index contributed by atoms with van der Waals surface area (Å²) in [4.78, 5) is 10.3. The Kier molecular flexibility index (Phi) is 4.49. The lowest BCUT2D eigenvalue weighted by Gasteiger charge is -2.19. The van der Waals surface area contributed by atoms with Gasteiger partial charge in [-0.05, 0) is 12.0 Å². The van der Waals surface area contributed by atoms with E-state index in [9.17, 15) is 0 Å². The third kappa shape index (κ3) is 3.23. The second kappa shape index (κ2) is 6.51. The summed E-state index contributed by atoms with van der Waals surface area (Å²) < 4.78 is 0. The fourth-order valence-electron chi connectivity index (χ4n) is 1.89. The molecule has 0 atom stereocenters. The molecule has 6 heteroatoms. The summed E-state index contributed by atoms with van der Waals surface area (Å²) in [5.41, 5.74) is 7.24. The Hall–Kier alpha value is -2.63. The molecule has 0 aliphatic heterocycles. The van der Waals surface area contributed by atoms with Gasteiger partial charge >= 0.3 is 0 Å². The van der Waals surface area contributed by atoms with Crippen molar-refractivity contribution >= 4 is 11.7 Å². The maximum atomic E-state index is 8.78. The Labute approximate surface area is 117 Å². The molecule has 1 aromatic heterocycles. The van der Waals surface area contributed by atoms with E-state index in [1.54, 1.807) is 6.20 Å². The molecule has 0 radical (unpaired) electrons. The third-order valence-electron chi connectivity index (χ3n) is 2.97. The van der Waals surface area contributed by atoms with Gasteiger partial charge in [-0.25, -0.2) is 9.97 Å². The molecule has 0 fully saturated rings. The van der Waals surface area contributed by atoms with Crippen LogP contribution in [-0.4, -0.2) is 34.6 Å². The quantitative estimate of drug-likeness (QED) is 0.370. The zero-order valence-corrected chi connectivity index (χ0v) is 11.3. The van der Waals surface area contributed by atoms with Gasteiger partial charge in [0.15, 0.2) is 17.3 Å². The second-order valence-corrected chi connectivity index (χ2v) is 4.37. The van der Waals surface area contributed by atoms with Crippen molar-refractivity contribution in [2.24, 2.45) is 10.9 Å². The maximum Gasteiger partial charge on any atom is 0.192 e. The van der Waals surface area contributed by atoms with Crippen molar-refractivity contribution in [1.82, 2.24) is 9.97 Å².